The number of halogens is 4. The minimum atomic E-state index is -2.16. The Labute approximate surface area is 58.4 Å². The summed E-state index contributed by atoms with van der Waals surface area (Å²) in [6.45, 7) is -1.34. The van der Waals surface area contributed by atoms with E-state index in [1.54, 1.807) is 0 Å². The highest BCUT2D eigenvalue weighted by atomic mass is 19.4. The summed E-state index contributed by atoms with van der Waals surface area (Å²) in [7, 11) is 0. The second kappa shape index (κ2) is 4.78. The van der Waals surface area contributed by atoms with Crippen LogP contribution in [0.2, 0.25) is 0 Å². The normalized spacial score (nSPS) is 13.3. The standard InChI is InChI=1S/C3H3F4N3O/c4-9(5)1-3(8-2-11)10(6)7/h3H,1H2. The second-order valence-corrected chi connectivity index (χ2v) is 1.45. The summed E-state index contributed by atoms with van der Waals surface area (Å²) in [4.78, 5) is 11.8. The van der Waals surface area contributed by atoms with Crippen molar-refractivity contribution in [2.45, 2.75) is 6.17 Å². The van der Waals surface area contributed by atoms with Crippen LogP contribution in [0.5, 0.6) is 0 Å². The number of aliphatic imine (C=N–C) groups is 1. The van der Waals surface area contributed by atoms with Crippen molar-refractivity contribution in [1.29, 1.82) is 0 Å². The molecule has 0 spiro atoms. The number of rotatable bonds is 4. The van der Waals surface area contributed by atoms with Crippen molar-refractivity contribution in [3.8, 4) is 0 Å². The average Bonchev–Trinajstić information content (AvgIpc) is 1.86. The monoisotopic (exact) mass is 173 g/mol. The van der Waals surface area contributed by atoms with Crippen molar-refractivity contribution >= 4 is 6.08 Å². The van der Waals surface area contributed by atoms with Crippen LogP contribution in [0.25, 0.3) is 0 Å². The molecule has 0 saturated carbocycles. The Morgan fingerprint density at radius 1 is 1.36 bits per heavy atom. The maximum Gasteiger partial charge on any atom is 0.236 e. The van der Waals surface area contributed by atoms with E-state index >= 15 is 0 Å². The Morgan fingerprint density at radius 2 is 1.91 bits per heavy atom. The molecule has 0 aromatic rings. The molecule has 0 aromatic heterocycles. The summed E-state index contributed by atoms with van der Waals surface area (Å²) in [5.41, 5.74) is 0. The molecule has 0 N–H and O–H groups in total. The Balaban J connectivity index is 4.00. The van der Waals surface area contributed by atoms with Gasteiger partial charge in [-0.05, 0) is 0 Å². The van der Waals surface area contributed by atoms with Crippen molar-refractivity contribution in [3.05, 3.63) is 0 Å². The van der Waals surface area contributed by atoms with E-state index in [2.05, 4.69) is 4.99 Å². The molecule has 11 heavy (non-hydrogen) atoms. The summed E-state index contributed by atoms with van der Waals surface area (Å²) in [5, 5.41) is -3.10. The molecule has 0 aliphatic heterocycles. The molecule has 0 heterocycles. The molecule has 4 nitrogen and oxygen atoms in total. The van der Waals surface area contributed by atoms with Crippen molar-refractivity contribution in [3.63, 3.8) is 0 Å². The average molecular weight is 173 g/mol. The largest absolute Gasteiger partial charge is 0.236 e. The first-order valence-electron chi connectivity index (χ1n) is 2.34. The van der Waals surface area contributed by atoms with E-state index in [4.69, 9.17) is 0 Å². The number of carbonyl (C=O) groups excluding carboxylic acids is 1. The number of hydrogen-bond acceptors (Lipinski definition) is 4. The Hall–Kier alpha value is -0.980. The van der Waals surface area contributed by atoms with Crippen LogP contribution < -0.4 is 0 Å². The molecule has 0 fully saturated rings. The Kier molecular flexibility index (Phi) is 4.35. The van der Waals surface area contributed by atoms with Gasteiger partial charge in [0.05, 0.1) is 0 Å². The highest BCUT2D eigenvalue weighted by Gasteiger charge is 2.21. The molecule has 0 saturated heterocycles. The van der Waals surface area contributed by atoms with E-state index in [1.165, 1.54) is 0 Å². The molecule has 0 aliphatic rings. The number of isocyanates is 1. The third-order valence-electron chi connectivity index (χ3n) is 0.728. The molecule has 0 aromatic carbocycles. The van der Waals surface area contributed by atoms with Crippen LogP contribution in [0.3, 0.4) is 0 Å². The molecular weight excluding hydrogens is 170 g/mol. The maximum absolute atomic E-state index is 11.4. The predicted molar refractivity (Wildman–Crippen MR) is 24.9 cm³/mol. The lowest BCUT2D eigenvalue weighted by atomic mass is 10.5. The van der Waals surface area contributed by atoms with E-state index in [-0.39, 0.29) is 0 Å². The van der Waals surface area contributed by atoms with Gasteiger partial charge in [0.2, 0.25) is 6.08 Å². The second-order valence-electron chi connectivity index (χ2n) is 1.45. The SMILES string of the molecule is O=C=NC(CN(F)F)N(F)F. The maximum atomic E-state index is 11.4. The first kappa shape index (κ1) is 10.0. The van der Waals surface area contributed by atoms with Gasteiger partial charge in [-0.15, -0.1) is 8.96 Å². The van der Waals surface area contributed by atoms with E-state index in [1.807, 2.05) is 0 Å². The van der Waals surface area contributed by atoms with Crippen molar-refractivity contribution in [1.82, 2.24) is 10.7 Å². The topological polar surface area (TPSA) is 35.9 Å². The zero-order chi connectivity index (χ0) is 8.85. The fourth-order valence-electron chi connectivity index (χ4n) is 0.330. The zero-order valence-electron chi connectivity index (χ0n) is 5.05. The Morgan fingerprint density at radius 3 is 2.18 bits per heavy atom. The third-order valence-corrected chi connectivity index (χ3v) is 0.728. The van der Waals surface area contributed by atoms with Gasteiger partial charge in [-0.2, -0.15) is 4.99 Å². The molecule has 1 atom stereocenters. The van der Waals surface area contributed by atoms with Crippen LogP contribution in [-0.2, 0) is 4.79 Å². The van der Waals surface area contributed by atoms with Gasteiger partial charge in [0.15, 0.2) is 6.17 Å². The van der Waals surface area contributed by atoms with Crippen molar-refractivity contribution in [2.24, 2.45) is 4.99 Å². The minimum Gasteiger partial charge on any atom is -0.211 e. The third kappa shape index (κ3) is 4.43. The fraction of sp³-hybridized carbons (Fsp3) is 0.667. The van der Waals surface area contributed by atoms with Crippen LogP contribution >= 0.6 is 0 Å². The fourth-order valence-corrected chi connectivity index (χ4v) is 0.330. The first-order chi connectivity index (χ1) is 5.07. The molecule has 0 amide bonds. The minimum absolute atomic E-state index is 0.748. The van der Waals surface area contributed by atoms with Crippen LogP contribution in [0, 0.1) is 0 Å². The molecule has 1 unspecified atom stereocenters. The Bertz CT molecular complexity index is 157. The summed E-state index contributed by atoms with van der Waals surface area (Å²) in [6, 6.07) is 0. The smallest absolute Gasteiger partial charge is 0.211 e. The van der Waals surface area contributed by atoms with E-state index in [0.29, 0.717) is 0 Å². The zero-order valence-corrected chi connectivity index (χ0v) is 5.05. The number of nitrogens with zero attached hydrogens (tertiary/aromatic N) is 3. The van der Waals surface area contributed by atoms with Gasteiger partial charge in [0, 0.05) is 10.7 Å². The highest BCUT2D eigenvalue weighted by molar-refractivity contribution is 5.33. The van der Waals surface area contributed by atoms with Gasteiger partial charge >= 0.3 is 0 Å². The molecule has 64 valence electrons. The number of hydrogen-bond donors (Lipinski definition) is 0. The highest BCUT2D eigenvalue weighted by Crippen LogP contribution is 2.05. The molecule has 0 radical (unpaired) electrons. The lowest BCUT2D eigenvalue weighted by Gasteiger charge is -2.08. The lowest BCUT2D eigenvalue weighted by molar-refractivity contribution is -0.227. The lowest BCUT2D eigenvalue weighted by Crippen LogP contribution is -2.28. The van der Waals surface area contributed by atoms with Gasteiger partial charge in [0.1, 0.15) is 6.54 Å². The summed E-state index contributed by atoms with van der Waals surface area (Å²) < 4.78 is 45.4. The molecule has 0 rings (SSSR count). The summed E-state index contributed by atoms with van der Waals surface area (Å²) >= 11 is 0. The van der Waals surface area contributed by atoms with Crippen molar-refractivity contribution < 1.29 is 22.7 Å². The van der Waals surface area contributed by atoms with Gasteiger partial charge in [-0.1, -0.05) is 8.96 Å². The van der Waals surface area contributed by atoms with Crippen LogP contribution in [0.15, 0.2) is 4.99 Å². The van der Waals surface area contributed by atoms with Gasteiger partial charge in [0.25, 0.3) is 0 Å². The van der Waals surface area contributed by atoms with Crippen LogP contribution in [-0.4, -0.2) is 29.5 Å². The summed E-state index contributed by atoms with van der Waals surface area (Å²) in [6.07, 6.45) is -1.42. The van der Waals surface area contributed by atoms with Gasteiger partial charge in [-0.25, -0.2) is 4.79 Å². The van der Waals surface area contributed by atoms with Crippen molar-refractivity contribution in [2.75, 3.05) is 6.54 Å². The molecule has 0 bridgehead atoms. The van der Waals surface area contributed by atoms with Crippen LogP contribution in [0.1, 0.15) is 0 Å². The van der Waals surface area contributed by atoms with Gasteiger partial charge < -0.3 is 0 Å². The molecular formula is C3H3F4N3O. The summed E-state index contributed by atoms with van der Waals surface area (Å²) in [5.74, 6) is 0. The van der Waals surface area contributed by atoms with E-state index < -0.39 is 23.4 Å². The predicted octanol–water partition coefficient (Wildman–Crippen LogP) is 0.790. The molecule has 8 heteroatoms. The van der Waals surface area contributed by atoms with Gasteiger partial charge in [-0.3, -0.25) is 0 Å². The van der Waals surface area contributed by atoms with E-state index in [9.17, 15) is 22.7 Å². The first-order valence-corrected chi connectivity index (χ1v) is 2.34. The van der Waals surface area contributed by atoms with E-state index in [0.717, 1.165) is 6.08 Å². The van der Waals surface area contributed by atoms with Crippen LogP contribution in [0.4, 0.5) is 17.9 Å². The quantitative estimate of drug-likeness (QED) is 0.273. The molecule has 0 aliphatic carbocycles.